The summed E-state index contributed by atoms with van der Waals surface area (Å²) in [6.45, 7) is 10.7. The minimum atomic E-state index is -0.608. The monoisotopic (exact) mass is 405 g/mol. The van der Waals surface area contributed by atoms with Crippen LogP contribution in [0.3, 0.4) is 0 Å². The fourth-order valence-corrected chi connectivity index (χ4v) is 2.75. The average Bonchev–Trinajstić information content (AvgIpc) is 2.69. The summed E-state index contributed by atoms with van der Waals surface area (Å²) in [6.07, 6.45) is 3.55. The molecular weight excluding hydrogens is 366 g/mol. The lowest BCUT2D eigenvalue weighted by Gasteiger charge is -2.19. The number of ketones is 2. The Balaban J connectivity index is 0.00000379. The smallest absolute Gasteiger partial charge is 0.315 e. The Hall–Kier alpha value is -2.21. The second-order valence-corrected chi connectivity index (χ2v) is 7.08. The van der Waals surface area contributed by atoms with Gasteiger partial charge in [0.15, 0.2) is 5.78 Å². The molecule has 1 aromatic rings. The Labute approximate surface area is 176 Å². The molecule has 2 atom stereocenters. The van der Waals surface area contributed by atoms with Crippen molar-refractivity contribution in [3.8, 4) is 0 Å². The average molecular weight is 406 g/mol. The zero-order valence-electron chi connectivity index (χ0n) is 18.7. The Morgan fingerprint density at radius 1 is 0.931 bits per heavy atom. The summed E-state index contributed by atoms with van der Waals surface area (Å²) in [7, 11) is 0. The summed E-state index contributed by atoms with van der Waals surface area (Å²) in [6, 6.07) is 9.34. The highest BCUT2D eigenvalue weighted by atomic mass is 16.2. The molecule has 0 saturated heterocycles. The van der Waals surface area contributed by atoms with Gasteiger partial charge in [-0.2, -0.15) is 0 Å². The predicted molar refractivity (Wildman–Crippen MR) is 119 cm³/mol. The summed E-state index contributed by atoms with van der Waals surface area (Å²) in [5.41, 5.74) is 1.27. The number of amides is 2. The van der Waals surface area contributed by atoms with Gasteiger partial charge in [0.05, 0.1) is 6.04 Å². The van der Waals surface area contributed by atoms with Crippen molar-refractivity contribution in [1.29, 1.82) is 0 Å². The van der Waals surface area contributed by atoms with Crippen molar-refractivity contribution in [2.24, 2.45) is 0 Å². The third-order valence-corrected chi connectivity index (χ3v) is 4.37. The standard InChI is InChI=1S/C21H33N3O3.C2H6/c1-16(9-7-8-14-22-15-19-10-5-4-6-11-19)23-21(27)24-20(18(3)26)13-12-17(2)25;1-2/h4-6,10-11,16,20,22H,7-9,12-15H2,1-3H3,(H2,23,24,27);1-2H3. The van der Waals surface area contributed by atoms with Crippen LogP contribution in [0.25, 0.3) is 0 Å². The van der Waals surface area contributed by atoms with E-state index in [4.69, 9.17) is 0 Å². The first-order valence-corrected chi connectivity index (χ1v) is 10.7. The Morgan fingerprint density at radius 3 is 2.17 bits per heavy atom. The van der Waals surface area contributed by atoms with Gasteiger partial charge in [-0.05, 0) is 52.1 Å². The molecule has 0 fully saturated rings. The minimum absolute atomic E-state index is 0.0118. The molecule has 2 unspecified atom stereocenters. The van der Waals surface area contributed by atoms with Crippen molar-refractivity contribution in [2.45, 2.75) is 85.4 Å². The third kappa shape index (κ3) is 14.4. The van der Waals surface area contributed by atoms with E-state index < -0.39 is 6.04 Å². The van der Waals surface area contributed by atoms with Crippen LogP contribution in [0.1, 0.15) is 72.3 Å². The van der Waals surface area contributed by atoms with Crippen molar-refractivity contribution >= 4 is 17.6 Å². The lowest BCUT2D eigenvalue weighted by Crippen LogP contribution is -2.48. The first-order valence-electron chi connectivity index (χ1n) is 10.7. The molecule has 1 rings (SSSR count). The fourth-order valence-electron chi connectivity index (χ4n) is 2.75. The SMILES string of the molecule is CC.CC(=O)CCC(NC(=O)NC(C)CCCCNCc1ccccc1)C(C)=O. The summed E-state index contributed by atoms with van der Waals surface area (Å²) < 4.78 is 0. The van der Waals surface area contributed by atoms with Crippen molar-refractivity contribution in [3.05, 3.63) is 35.9 Å². The number of Topliss-reactive ketones (excluding diaryl/α,β-unsaturated/α-hetero) is 2. The molecule has 0 radical (unpaired) electrons. The molecule has 6 nitrogen and oxygen atoms in total. The lowest BCUT2D eigenvalue weighted by molar-refractivity contribution is -0.119. The molecule has 3 N–H and O–H groups in total. The molecule has 0 aliphatic heterocycles. The van der Waals surface area contributed by atoms with Crippen molar-refractivity contribution in [1.82, 2.24) is 16.0 Å². The topological polar surface area (TPSA) is 87.3 Å². The molecule has 0 aliphatic rings. The second-order valence-electron chi connectivity index (χ2n) is 7.08. The summed E-state index contributed by atoms with van der Waals surface area (Å²) in [5.74, 6) is -0.124. The van der Waals surface area contributed by atoms with E-state index in [2.05, 4.69) is 28.1 Å². The van der Waals surface area contributed by atoms with Gasteiger partial charge in [-0.3, -0.25) is 4.79 Å². The summed E-state index contributed by atoms with van der Waals surface area (Å²) in [4.78, 5) is 34.7. The number of hydrogen-bond donors (Lipinski definition) is 3. The molecule has 2 amide bonds. The fraction of sp³-hybridized carbons (Fsp3) is 0.609. The quantitative estimate of drug-likeness (QED) is 0.433. The maximum atomic E-state index is 12.0. The van der Waals surface area contributed by atoms with Crippen LogP contribution in [0.15, 0.2) is 30.3 Å². The Kier molecular flexibility index (Phi) is 15.4. The van der Waals surface area contributed by atoms with Gasteiger partial charge in [-0.15, -0.1) is 0 Å². The molecule has 1 aromatic carbocycles. The van der Waals surface area contributed by atoms with Gasteiger partial charge in [-0.1, -0.05) is 50.6 Å². The number of benzene rings is 1. The van der Waals surface area contributed by atoms with Gasteiger partial charge in [0.25, 0.3) is 0 Å². The number of carbonyl (C=O) groups is 3. The number of unbranched alkanes of at least 4 members (excludes halogenated alkanes) is 1. The first kappa shape index (κ1) is 26.8. The summed E-state index contributed by atoms with van der Waals surface area (Å²) >= 11 is 0. The Bertz CT molecular complexity index is 590. The number of hydrogen-bond acceptors (Lipinski definition) is 4. The minimum Gasteiger partial charge on any atom is -0.336 e. The van der Waals surface area contributed by atoms with Gasteiger partial charge in [-0.25, -0.2) is 4.79 Å². The maximum Gasteiger partial charge on any atom is 0.315 e. The van der Waals surface area contributed by atoms with Crippen molar-refractivity contribution < 1.29 is 14.4 Å². The molecule has 29 heavy (non-hydrogen) atoms. The zero-order valence-corrected chi connectivity index (χ0v) is 18.7. The van der Waals surface area contributed by atoms with Crippen LogP contribution in [0, 0.1) is 0 Å². The van der Waals surface area contributed by atoms with E-state index in [1.54, 1.807) is 0 Å². The molecule has 0 spiro atoms. The molecule has 0 aliphatic carbocycles. The number of nitrogens with one attached hydrogen (secondary N) is 3. The molecule has 0 aromatic heterocycles. The normalized spacial score (nSPS) is 12.2. The number of rotatable bonds is 13. The van der Waals surface area contributed by atoms with Crippen LogP contribution < -0.4 is 16.0 Å². The van der Waals surface area contributed by atoms with Crippen molar-refractivity contribution in [2.75, 3.05) is 6.54 Å². The number of carbonyl (C=O) groups excluding carboxylic acids is 3. The highest BCUT2D eigenvalue weighted by Crippen LogP contribution is 2.03. The third-order valence-electron chi connectivity index (χ3n) is 4.37. The van der Waals surface area contributed by atoms with Gasteiger partial charge in [0.2, 0.25) is 0 Å². The van der Waals surface area contributed by atoms with Crippen LogP contribution in [-0.4, -0.2) is 36.2 Å². The Morgan fingerprint density at radius 2 is 1.59 bits per heavy atom. The highest BCUT2D eigenvalue weighted by Gasteiger charge is 2.18. The number of urea groups is 1. The van der Waals surface area contributed by atoms with E-state index in [9.17, 15) is 14.4 Å². The van der Waals surface area contributed by atoms with Gasteiger partial charge in [0, 0.05) is 19.0 Å². The van der Waals surface area contributed by atoms with Crippen LogP contribution in [-0.2, 0) is 16.1 Å². The van der Waals surface area contributed by atoms with Crippen LogP contribution in [0.4, 0.5) is 4.79 Å². The molecular formula is C23H39N3O3. The van der Waals surface area contributed by atoms with E-state index >= 15 is 0 Å². The zero-order chi connectivity index (χ0) is 22.1. The van der Waals surface area contributed by atoms with Crippen LogP contribution >= 0.6 is 0 Å². The van der Waals surface area contributed by atoms with Crippen LogP contribution in [0.2, 0.25) is 0 Å². The van der Waals surface area contributed by atoms with E-state index in [1.807, 2.05) is 39.0 Å². The molecule has 164 valence electrons. The van der Waals surface area contributed by atoms with Crippen LogP contribution in [0.5, 0.6) is 0 Å². The van der Waals surface area contributed by atoms with Gasteiger partial charge in [0.1, 0.15) is 5.78 Å². The van der Waals surface area contributed by atoms with E-state index in [0.29, 0.717) is 6.42 Å². The largest absolute Gasteiger partial charge is 0.336 e. The summed E-state index contributed by atoms with van der Waals surface area (Å²) in [5, 5.41) is 8.94. The van der Waals surface area contributed by atoms with E-state index in [-0.39, 0.29) is 30.1 Å². The van der Waals surface area contributed by atoms with Gasteiger partial charge < -0.3 is 20.7 Å². The molecule has 0 saturated carbocycles. The van der Waals surface area contributed by atoms with Crippen molar-refractivity contribution in [3.63, 3.8) is 0 Å². The highest BCUT2D eigenvalue weighted by molar-refractivity contribution is 5.87. The van der Waals surface area contributed by atoms with E-state index in [1.165, 1.54) is 19.4 Å². The molecule has 0 bridgehead atoms. The van der Waals surface area contributed by atoms with E-state index in [0.717, 1.165) is 32.4 Å². The van der Waals surface area contributed by atoms with Gasteiger partial charge >= 0.3 is 6.03 Å². The lowest BCUT2D eigenvalue weighted by atomic mass is 10.1. The second kappa shape index (κ2) is 16.7. The first-order chi connectivity index (χ1) is 13.9. The maximum absolute atomic E-state index is 12.0. The predicted octanol–water partition coefficient (Wildman–Crippen LogP) is 3.99. The molecule has 0 heterocycles. The molecule has 6 heteroatoms.